The first kappa shape index (κ1) is 22.1. The molecule has 3 aromatic rings. The lowest BCUT2D eigenvalue weighted by molar-refractivity contribution is -0.142. The summed E-state index contributed by atoms with van der Waals surface area (Å²) in [5.41, 5.74) is 2.07. The second-order valence-electron chi connectivity index (χ2n) is 7.77. The molecule has 2 atom stereocenters. The number of carbonyl (C=O) groups excluding carboxylic acids is 2. The first-order chi connectivity index (χ1) is 15.7. The van der Waals surface area contributed by atoms with Crippen molar-refractivity contribution in [3.8, 4) is 5.75 Å². The van der Waals surface area contributed by atoms with E-state index in [0.717, 1.165) is 17.4 Å². The third-order valence-corrected chi connectivity index (χ3v) is 5.97. The lowest BCUT2D eigenvalue weighted by Crippen LogP contribution is -2.57. The Balaban J connectivity index is 1.55. The van der Waals surface area contributed by atoms with Gasteiger partial charge in [0.15, 0.2) is 6.61 Å². The average Bonchev–Trinajstić information content (AvgIpc) is 2.84. The summed E-state index contributed by atoms with van der Waals surface area (Å²) in [7, 11) is 0. The van der Waals surface area contributed by atoms with Crippen molar-refractivity contribution in [2.75, 3.05) is 19.7 Å². The molecule has 2 unspecified atom stereocenters. The summed E-state index contributed by atoms with van der Waals surface area (Å²) in [4.78, 5) is 29.4. The molecule has 164 valence electrons. The number of rotatable bonds is 7. The third kappa shape index (κ3) is 5.18. The van der Waals surface area contributed by atoms with Crippen LogP contribution in [-0.4, -0.2) is 47.7 Å². The van der Waals surface area contributed by atoms with Gasteiger partial charge in [-0.05, 0) is 35.4 Å². The molecule has 0 saturated carbocycles. The number of nitrogens with zero attached hydrogens (tertiary/aromatic N) is 2. The van der Waals surface area contributed by atoms with Crippen LogP contribution in [0.1, 0.15) is 17.2 Å². The molecule has 1 aliphatic rings. The maximum absolute atomic E-state index is 13.2. The number of aldehydes is 1. The highest BCUT2D eigenvalue weighted by Gasteiger charge is 2.39. The van der Waals surface area contributed by atoms with E-state index in [-0.39, 0.29) is 18.6 Å². The van der Waals surface area contributed by atoms with Gasteiger partial charge in [0.05, 0.1) is 12.1 Å². The van der Waals surface area contributed by atoms with Crippen LogP contribution in [-0.2, 0) is 16.1 Å². The van der Waals surface area contributed by atoms with E-state index < -0.39 is 6.04 Å². The van der Waals surface area contributed by atoms with Crippen molar-refractivity contribution in [3.63, 3.8) is 0 Å². The fraction of sp³-hybridized carbons (Fsp3) is 0.231. The van der Waals surface area contributed by atoms with Gasteiger partial charge in [-0.25, -0.2) is 0 Å². The van der Waals surface area contributed by atoms with Gasteiger partial charge in [-0.1, -0.05) is 72.3 Å². The molecule has 1 amide bonds. The molecule has 32 heavy (non-hydrogen) atoms. The lowest BCUT2D eigenvalue weighted by Gasteiger charge is -2.45. The zero-order valence-corrected chi connectivity index (χ0v) is 18.4. The third-order valence-electron chi connectivity index (χ3n) is 5.71. The fourth-order valence-electron chi connectivity index (χ4n) is 4.14. The maximum atomic E-state index is 13.2. The predicted octanol–water partition coefficient (Wildman–Crippen LogP) is 4.37. The molecule has 5 nitrogen and oxygen atoms in total. The molecule has 0 N–H and O–H groups in total. The minimum absolute atomic E-state index is 0.102. The van der Waals surface area contributed by atoms with Gasteiger partial charge < -0.3 is 14.4 Å². The maximum Gasteiger partial charge on any atom is 0.261 e. The Morgan fingerprint density at radius 1 is 0.938 bits per heavy atom. The van der Waals surface area contributed by atoms with E-state index in [4.69, 9.17) is 16.3 Å². The second-order valence-corrected chi connectivity index (χ2v) is 8.20. The van der Waals surface area contributed by atoms with E-state index in [0.29, 0.717) is 30.4 Å². The van der Waals surface area contributed by atoms with Crippen LogP contribution in [0.4, 0.5) is 0 Å². The van der Waals surface area contributed by atoms with Crippen LogP contribution >= 0.6 is 11.6 Å². The minimum Gasteiger partial charge on any atom is -0.484 e. The lowest BCUT2D eigenvalue weighted by atomic mass is 9.94. The second kappa shape index (κ2) is 10.4. The first-order valence-corrected chi connectivity index (χ1v) is 11.0. The van der Waals surface area contributed by atoms with E-state index in [9.17, 15) is 9.59 Å². The summed E-state index contributed by atoms with van der Waals surface area (Å²) in [5, 5.41) is 0.608. The Morgan fingerprint density at radius 3 is 2.25 bits per heavy atom. The Labute approximate surface area is 193 Å². The van der Waals surface area contributed by atoms with E-state index in [2.05, 4.69) is 17.0 Å². The quantitative estimate of drug-likeness (QED) is 0.503. The van der Waals surface area contributed by atoms with Gasteiger partial charge in [0.1, 0.15) is 12.0 Å². The zero-order valence-electron chi connectivity index (χ0n) is 17.6. The molecule has 6 heteroatoms. The highest BCUT2D eigenvalue weighted by Crippen LogP contribution is 2.31. The number of halogens is 1. The van der Waals surface area contributed by atoms with E-state index >= 15 is 0 Å². The summed E-state index contributed by atoms with van der Waals surface area (Å²) in [6.07, 6.45) is 0.958. The summed E-state index contributed by atoms with van der Waals surface area (Å²) in [5.74, 6) is 0.425. The monoisotopic (exact) mass is 448 g/mol. The minimum atomic E-state index is -0.453. The molecule has 0 spiro atoms. The molecule has 0 radical (unpaired) electrons. The highest BCUT2D eigenvalue weighted by molar-refractivity contribution is 6.30. The van der Waals surface area contributed by atoms with Crippen molar-refractivity contribution in [1.82, 2.24) is 9.80 Å². The molecule has 0 aliphatic carbocycles. The number of amides is 1. The molecular formula is C26H25ClN2O3. The Morgan fingerprint density at radius 2 is 1.59 bits per heavy atom. The van der Waals surface area contributed by atoms with E-state index in [1.807, 2.05) is 48.5 Å². The smallest absolute Gasteiger partial charge is 0.261 e. The number of hydrogen-bond donors (Lipinski definition) is 0. The van der Waals surface area contributed by atoms with Crippen LogP contribution in [0.5, 0.6) is 5.75 Å². The topological polar surface area (TPSA) is 49.9 Å². The molecule has 4 rings (SSSR count). The van der Waals surface area contributed by atoms with E-state index in [1.54, 1.807) is 29.2 Å². The molecule has 0 bridgehead atoms. The summed E-state index contributed by atoms with van der Waals surface area (Å²) in [6, 6.07) is 25.9. The van der Waals surface area contributed by atoms with Gasteiger partial charge >= 0.3 is 0 Å². The molecule has 1 fully saturated rings. The standard InChI is InChI=1S/C26H25ClN2O3/c27-22-11-13-23(14-12-22)32-19-25(31)29-16-15-28(17-20-7-3-1-4-8-20)24(18-30)26(29)21-9-5-2-6-10-21/h1-14,18,24,26H,15-17,19H2. The molecule has 1 saturated heterocycles. The van der Waals surface area contributed by atoms with Crippen LogP contribution in [0.2, 0.25) is 5.02 Å². The van der Waals surface area contributed by atoms with Gasteiger partial charge in [-0.2, -0.15) is 0 Å². The largest absolute Gasteiger partial charge is 0.484 e. The number of hydrogen-bond acceptors (Lipinski definition) is 4. The average molecular weight is 449 g/mol. The number of carbonyl (C=O) groups is 2. The van der Waals surface area contributed by atoms with Gasteiger partial charge in [0, 0.05) is 24.7 Å². The number of piperazine rings is 1. The number of ether oxygens (including phenoxy) is 1. The van der Waals surface area contributed by atoms with Crippen molar-refractivity contribution < 1.29 is 14.3 Å². The summed E-state index contributed by atoms with van der Waals surface area (Å²) >= 11 is 5.92. The van der Waals surface area contributed by atoms with Gasteiger partial charge in [0.2, 0.25) is 0 Å². The van der Waals surface area contributed by atoms with Gasteiger partial charge in [-0.3, -0.25) is 9.69 Å². The highest BCUT2D eigenvalue weighted by atomic mass is 35.5. The SMILES string of the molecule is O=CC1C(c2ccccc2)N(C(=O)COc2ccc(Cl)cc2)CCN1Cc1ccccc1. The van der Waals surface area contributed by atoms with E-state index in [1.165, 1.54) is 0 Å². The van der Waals surface area contributed by atoms with Crippen LogP contribution in [0.15, 0.2) is 84.9 Å². The summed E-state index contributed by atoms with van der Waals surface area (Å²) in [6.45, 7) is 1.67. The Hall–Kier alpha value is -3.15. The normalized spacial score (nSPS) is 18.8. The van der Waals surface area contributed by atoms with Gasteiger partial charge in [0.25, 0.3) is 5.91 Å². The van der Waals surface area contributed by atoms with Crippen molar-refractivity contribution in [1.29, 1.82) is 0 Å². The first-order valence-electron chi connectivity index (χ1n) is 10.6. The Bertz CT molecular complexity index is 1030. The molecule has 1 heterocycles. The zero-order chi connectivity index (χ0) is 22.3. The van der Waals surface area contributed by atoms with Crippen LogP contribution in [0, 0.1) is 0 Å². The molecule has 1 aliphatic heterocycles. The summed E-state index contributed by atoms with van der Waals surface area (Å²) < 4.78 is 5.70. The van der Waals surface area contributed by atoms with Crippen LogP contribution in [0.25, 0.3) is 0 Å². The predicted molar refractivity (Wildman–Crippen MR) is 125 cm³/mol. The number of benzene rings is 3. The van der Waals surface area contributed by atoms with Crippen LogP contribution in [0.3, 0.4) is 0 Å². The van der Waals surface area contributed by atoms with Crippen LogP contribution < -0.4 is 4.74 Å². The molecule has 0 aromatic heterocycles. The van der Waals surface area contributed by atoms with Crippen molar-refractivity contribution in [2.45, 2.75) is 18.6 Å². The molecule has 3 aromatic carbocycles. The van der Waals surface area contributed by atoms with Crippen molar-refractivity contribution in [3.05, 3.63) is 101 Å². The van der Waals surface area contributed by atoms with Crippen molar-refractivity contribution in [2.24, 2.45) is 0 Å². The Kier molecular flexibility index (Phi) is 7.20. The fourth-order valence-corrected chi connectivity index (χ4v) is 4.26. The van der Waals surface area contributed by atoms with Crippen molar-refractivity contribution >= 4 is 23.8 Å². The molecular weight excluding hydrogens is 424 g/mol. The van der Waals surface area contributed by atoms with Gasteiger partial charge in [-0.15, -0.1) is 0 Å².